The largest absolute Gasteiger partial charge is 0.378 e. The molecule has 5 nitrogen and oxygen atoms in total. The molecule has 0 aliphatic carbocycles. The molecule has 2 rings (SSSR count). The van der Waals surface area contributed by atoms with Crippen molar-refractivity contribution in [3.63, 3.8) is 0 Å². The fourth-order valence-electron chi connectivity index (χ4n) is 1.93. The Morgan fingerprint density at radius 1 is 1.32 bits per heavy atom. The van der Waals surface area contributed by atoms with Gasteiger partial charge in [0.05, 0.1) is 27.1 Å². The van der Waals surface area contributed by atoms with Crippen LogP contribution in [0.25, 0.3) is 0 Å². The van der Waals surface area contributed by atoms with Crippen LogP contribution >= 0.6 is 23.2 Å². The normalized spacial score (nSPS) is 23.7. The molecule has 1 aromatic rings. The molecule has 1 saturated heterocycles. The lowest BCUT2D eigenvalue weighted by Crippen LogP contribution is -2.43. The summed E-state index contributed by atoms with van der Waals surface area (Å²) in [7, 11) is -2.09. The minimum Gasteiger partial charge on any atom is -0.378 e. The van der Waals surface area contributed by atoms with Crippen molar-refractivity contribution < 1.29 is 13.2 Å². The van der Waals surface area contributed by atoms with Crippen molar-refractivity contribution in [3.8, 4) is 0 Å². The van der Waals surface area contributed by atoms with Gasteiger partial charge in [-0.3, -0.25) is 0 Å². The fourth-order valence-corrected chi connectivity index (χ4v) is 3.58. The Hall–Kier alpha value is -0.370. The predicted octanol–water partition coefficient (Wildman–Crippen LogP) is 1.26. The second kappa shape index (κ2) is 5.95. The van der Waals surface area contributed by atoms with Gasteiger partial charge in [-0.15, -0.1) is 0 Å². The van der Waals surface area contributed by atoms with Crippen LogP contribution in [0.3, 0.4) is 0 Å². The number of halogens is 2. The Labute approximate surface area is 122 Å². The molecule has 0 amide bonds. The lowest BCUT2D eigenvalue weighted by Gasteiger charge is -2.18. The van der Waals surface area contributed by atoms with Crippen LogP contribution in [0.4, 0.5) is 0 Å². The van der Waals surface area contributed by atoms with Crippen LogP contribution in [0.1, 0.15) is 0 Å². The fraction of sp³-hybridized carbons (Fsp3) is 0.455. The van der Waals surface area contributed by atoms with E-state index in [1.807, 2.05) is 0 Å². The number of hydrogen-bond acceptors (Lipinski definition) is 4. The standard InChI is InChI=1S/C11H14Cl2N2O3S/c1-18-11-6-14-5-10(11)15-19(16,17)7-2-3-8(12)9(13)4-7/h2-4,10-11,14-15H,5-6H2,1H3/t10?,11-/m0/s1. The molecule has 1 unspecified atom stereocenters. The van der Waals surface area contributed by atoms with Crippen molar-refractivity contribution in [2.24, 2.45) is 0 Å². The summed E-state index contributed by atoms with van der Waals surface area (Å²) < 4.78 is 32.2. The molecule has 1 fully saturated rings. The highest BCUT2D eigenvalue weighted by molar-refractivity contribution is 7.89. The van der Waals surface area contributed by atoms with Crippen LogP contribution in [0, 0.1) is 0 Å². The third kappa shape index (κ3) is 3.39. The van der Waals surface area contributed by atoms with E-state index in [-0.39, 0.29) is 22.1 Å². The van der Waals surface area contributed by atoms with Gasteiger partial charge >= 0.3 is 0 Å². The first-order valence-corrected chi connectivity index (χ1v) is 7.89. The van der Waals surface area contributed by atoms with Gasteiger partial charge in [0, 0.05) is 20.2 Å². The number of hydrogen-bond donors (Lipinski definition) is 2. The molecule has 1 aliphatic heterocycles. The van der Waals surface area contributed by atoms with Gasteiger partial charge in [0.25, 0.3) is 0 Å². The summed E-state index contributed by atoms with van der Waals surface area (Å²) >= 11 is 11.6. The van der Waals surface area contributed by atoms with Crippen LogP contribution in [-0.2, 0) is 14.8 Å². The monoisotopic (exact) mass is 324 g/mol. The summed E-state index contributed by atoms with van der Waals surface area (Å²) in [5.41, 5.74) is 0. The SMILES string of the molecule is CO[C@H]1CNCC1NS(=O)(=O)c1ccc(Cl)c(Cl)c1. The molecular formula is C11H14Cl2N2O3S. The minimum atomic E-state index is -3.64. The maximum atomic E-state index is 12.2. The molecule has 0 saturated carbocycles. The average Bonchev–Trinajstić information content (AvgIpc) is 2.79. The lowest BCUT2D eigenvalue weighted by atomic mass is 10.2. The summed E-state index contributed by atoms with van der Waals surface area (Å²) in [6.07, 6.45) is -0.183. The first-order chi connectivity index (χ1) is 8.94. The highest BCUT2D eigenvalue weighted by atomic mass is 35.5. The van der Waals surface area contributed by atoms with E-state index in [9.17, 15) is 8.42 Å². The van der Waals surface area contributed by atoms with Gasteiger partial charge in [0.1, 0.15) is 0 Å². The number of rotatable bonds is 4. The zero-order valence-corrected chi connectivity index (χ0v) is 12.5. The van der Waals surface area contributed by atoms with Gasteiger partial charge < -0.3 is 10.1 Å². The first kappa shape index (κ1) is 15.0. The summed E-state index contributed by atoms with van der Waals surface area (Å²) in [6, 6.07) is 3.90. The van der Waals surface area contributed by atoms with E-state index in [1.165, 1.54) is 18.2 Å². The van der Waals surface area contributed by atoms with Gasteiger partial charge in [0.15, 0.2) is 0 Å². The molecule has 19 heavy (non-hydrogen) atoms. The number of nitrogens with one attached hydrogen (secondary N) is 2. The molecule has 1 heterocycles. The highest BCUT2D eigenvalue weighted by Gasteiger charge is 2.31. The Balaban J connectivity index is 2.20. The molecule has 2 atom stereocenters. The average molecular weight is 325 g/mol. The van der Waals surface area contributed by atoms with Crippen LogP contribution in [-0.4, -0.2) is 40.8 Å². The third-order valence-corrected chi connectivity index (χ3v) is 5.20. The van der Waals surface area contributed by atoms with Gasteiger partial charge in [-0.05, 0) is 18.2 Å². The van der Waals surface area contributed by atoms with E-state index in [4.69, 9.17) is 27.9 Å². The molecule has 0 bridgehead atoms. The quantitative estimate of drug-likeness (QED) is 0.875. The van der Waals surface area contributed by atoms with Gasteiger partial charge in [-0.25, -0.2) is 13.1 Å². The summed E-state index contributed by atoms with van der Waals surface area (Å²) in [5, 5.41) is 3.59. The van der Waals surface area contributed by atoms with Gasteiger partial charge in [-0.2, -0.15) is 0 Å². The van der Waals surface area contributed by atoms with Crippen molar-refractivity contribution >= 4 is 33.2 Å². The zero-order chi connectivity index (χ0) is 14.0. The van der Waals surface area contributed by atoms with Crippen LogP contribution in [0.2, 0.25) is 10.0 Å². The van der Waals surface area contributed by atoms with E-state index in [1.54, 1.807) is 7.11 Å². The Kier molecular flexibility index (Phi) is 4.70. The molecular weight excluding hydrogens is 311 g/mol. The van der Waals surface area contributed by atoms with E-state index >= 15 is 0 Å². The topological polar surface area (TPSA) is 67.4 Å². The maximum absolute atomic E-state index is 12.2. The summed E-state index contributed by atoms with van der Waals surface area (Å²) in [5.74, 6) is 0. The van der Waals surface area contributed by atoms with Crippen molar-refractivity contribution in [3.05, 3.63) is 28.2 Å². The second-order valence-electron chi connectivity index (χ2n) is 4.24. The van der Waals surface area contributed by atoms with E-state index in [0.717, 1.165) is 0 Å². The number of sulfonamides is 1. The minimum absolute atomic E-state index is 0.0867. The summed E-state index contributed by atoms with van der Waals surface area (Å²) in [6.45, 7) is 1.14. The van der Waals surface area contributed by atoms with Crippen molar-refractivity contribution in [2.75, 3.05) is 20.2 Å². The number of ether oxygens (including phenoxy) is 1. The van der Waals surface area contributed by atoms with Crippen LogP contribution in [0.15, 0.2) is 23.1 Å². The molecule has 1 aromatic carbocycles. The van der Waals surface area contributed by atoms with E-state index in [2.05, 4.69) is 10.0 Å². The van der Waals surface area contributed by atoms with Gasteiger partial charge in [0.2, 0.25) is 10.0 Å². The number of methoxy groups -OCH3 is 1. The van der Waals surface area contributed by atoms with E-state index in [0.29, 0.717) is 18.1 Å². The molecule has 106 valence electrons. The van der Waals surface area contributed by atoms with Crippen molar-refractivity contribution in [1.29, 1.82) is 0 Å². The highest BCUT2D eigenvalue weighted by Crippen LogP contribution is 2.25. The zero-order valence-electron chi connectivity index (χ0n) is 10.2. The van der Waals surface area contributed by atoms with E-state index < -0.39 is 10.0 Å². The summed E-state index contributed by atoms with van der Waals surface area (Å²) in [4.78, 5) is 0.0867. The van der Waals surface area contributed by atoms with Crippen molar-refractivity contribution in [1.82, 2.24) is 10.0 Å². The second-order valence-corrected chi connectivity index (χ2v) is 6.76. The predicted molar refractivity (Wildman–Crippen MR) is 74.2 cm³/mol. The van der Waals surface area contributed by atoms with Crippen molar-refractivity contribution in [2.45, 2.75) is 17.0 Å². The third-order valence-electron chi connectivity index (χ3n) is 2.97. The van der Waals surface area contributed by atoms with Gasteiger partial charge in [-0.1, -0.05) is 23.2 Å². The smallest absolute Gasteiger partial charge is 0.241 e. The lowest BCUT2D eigenvalue weighted by molar-refractivity contribution is 0.103. The Bertz CT molecular complexity index is 565. The Morgan fingerprint density at radius 3 is 2.68 bits per heavy atom. The molecule has 1 aliphatic rings. The number of benzene rings is 1. The Morgan fingerprint density at radius 2 is 2.05 bits per heavy atom. The molecule has 0 radical (unpaired) electrons. The molecule has 8 heteroatoms. The van der Waals surface area contributed by atoms with Crippen LogP contribution < -0.4 is 10.0 Å². The maximum Gasteiger partial charge on any atom is 0.241 e. The molecule has 0 spiro atoms. The first-order valence-electron chi connectivity index (χ1n) is 5.65. The molecule has 2 N–H and O–H groups in total. The van der Waals surface area contributed by atoms with Crippen LogP contribution in [0.5, 0.6) is 0 Å². The molecule has 0 aromatic heterocycles.